The highest BCUT2D eigenvalue weighted by Crippen LogP contribution is 2.20. The van der Waals surface area contributed by atoms with Crippen molar-refractivity contribution < 1.29 is 4.39 Å². The summed E-state index contributed by atoms with van der Waals surface area (Å²) in [7, 11) is 0. The predicted octanol–water partition coefficient (Wildman–Crippen LogP) is 2.34. The molecule has 0 aliphatic heterocycles. The number of hydrogen-bond acceptors (Lipinski definition) is 1. The molecule has 0 aromatic carbocycles. The van der Waals surface area contributed by atoms with Gasteiger partial charge in [0.25, 0.3) is 0 Å². The van der Waals surface area contributed by atoms with Gasteiger partial charge >= 0.3 is 0 Å². The number of hydrogen-bond donors (Lipinski definition) is 1. The molecule has 62 valence electrons. The van der Waals surface area contributed by atoms with Gasteiger partial charge in [0.1, 0.15) is 6.67 Å². The van der Waals surface area contributed by atoms with Crippen molar-refractivity contribution in [3.63, 3.8) is 0 Å². The number of nitrogens with zero attached hydrogens (tertiary/aromatic N) is 1. The van der Waals surface area contributed by atoms with Gasteiger partial charge in [0, 0.05) is 23.3 Å². The van der Waals surface area contributed by atoms with E-state index in [1.807, 2.05) is 19.2 Å². The van der Waals surface area contributed by atoms with Gasteiger partial charge in [-0.05, 0) is 18.6 Å². The maximum atomic E-state index is 12.4. The van der Waals surface area contributed by atoms with Gasteiger partial charge in [-0.3, -0.25) is 4.98 Å². The first-order chi connectivity index (χ1) is 5.83. The molecule has 0 spiro atoms. The van der Waals surface area contributed by atoms with Crippen LogP contribution >= 0.6 is 0 Å². The molecule has 0 fully saturated rings. The Bertz CT molecular complexity index is 406. The smallest absolute Gasteiger partial charge is 0.132 e. The first-order valence-electron chi connectivity index (χ1n) is 3.80. The Morgan fingerprint density at radius 3 is 3.17 bits per heavy atom. The van der Waals surface area contributed by atoms with Gasteiger partial charge in [0.2, 0.25) is 0 Å². The Hall–Kier alpha value is -1.38. The summed E-state index contributed by atoms with van der Waals surface area (Å²) in [4.78, 5) is 7.02. The lowest BCUT2D eigenvalue weighted by molar-refractivity contribution is 0.479. The molecular weight excluding hydrogens is 155 g/mol. The number of halogens is 1. The Balaban J connectivity index is 2.84. The van der Waals surface area contributed by atoms with Crippen molar-refractivity contribution in [1.82, 2.24) is 9.97 Å². The number of rotatable bonds is 1. The second-order valence-electron chi connectivity index (χ2n) is 2.79. The molecule has 0 aliphatic carbocycles. The van der Waals surface area contributed by atoms with E-state index in [4.69, 9.17) is 0 Å². The maximum Gasteiger partial charge on any atom is 0.132 e. The van der Waals surface area contributed by atoms with Crippen LogP contribution in [0.1, 0.15) is 11.3 Å². The Labute approximate surface area is 69.4 Å². The maximum absolute atomic E-state index is 12.4. The largest absolute Gasteiger partial charge is 0.361 e. The quantitative estimate of drug-likeness (QED) is 0.688. The molecule has 0 aliphatic rings. The van der Waals surface area contributed by atoms with Gasteiger partial charge in [-0.1, -0.05) is 0 Å². The van der Waals surface area contributed by atoms with E-state index in [1.165, 1.54) is 0 Å². The van der Waals surface area contributed by atoms with E-state index in [1.54, 1.807) is 6.20 Å². The molecule has 0 atom stereocenters. The summed E-state index contributed by atoms with van der Waals surface area (Å²) >= 11 is 0. The number of alkyl halides is 1. The van der Waals surface area contributed by atoms with E-state index in [-0.39, 0.29) is 0 Å². The van der Waals surface area contributed by atoms with Crippen molar-refractivity contribution in [3.05, 3.63) is 29.7 Å². The van der Waals surface area contributed by atoms with Crippen LogP contribution < -0.4 is 0 Å². The average molecular weight is 164 g/mol. The molecule has 3 heteroatoms. The fourth-order valence-corrected chi connectivity index (χ4v) is 1.42. The molecule has 2 aromatic heterocycles. The zero-order valence-electron chi connectivity index (χ0n) is 6.76. The highest BCUT2D eigenvalue weighted by Gasteiger charge is 2.05. The number of aryl methyl sites for hydroxylation is 1. The van der Waals surface area contributed by atoms with Crippen molar-refractivity contribution in [2.75, 3.05) is 0 Å². The molecule has 12 heavy (non-hydrogen) atoms. The Morgan fingerprint density at radius 2 is 2.42 bits per heavy atom. The third kappa shape index (κ3) is 0.897. The van der Waals surface area contributed by atoms with Crippen molar-refractivity contribution in [1.29, 1.82) is 0 Å². The number of aromatic nitrogens is 2. The molecule has 2 rings (SSSR count). The van der Waals surface area contributed by atoms with E-state index in [2.05, 4.69) is 9.97 Å². The van der Waals surface area contributed by atoms with Gasteiger partial charge in [-0.2, -0.15) is 0 Å². The van der Waals surface area contributed by atoms with Gasteiger partial charge < -0.3 is 4.98 Å². The lowest BCUT2D eigenvalue weighted by atomic mass is 10.2. The van der Waals surface area contributed by atoms with Gasteiger partial charge in [-0.15, -0.1) is 0 Å². The minimum atomic E-state index is -0.504. The molecular formula is C9H9FN2. The van der Waals surface area contributed by atoms with Crippen LogP contribution in [0.3, 0.4) is 0 Å². The molecule has 0 saturated heterocycles. The van der Waals surface area contributed by atoms with E-state index in [9.17, 15) is 4.39 Å². The SMILES string of the molecule is Cc1c[nH]c2ccnc(CF)c12. The Kier molecular flexibility index (Phi) is 1.57. The number of pyridine rings is 1. The molecule has 0 radical (unpaired) electrons. The number of fused-ring (bicyclic) bond motifs is 1. The van der Waals surface area contributed by atoms with Crippen molar-refractivity contribution in [3.8, 4) is 0 Å². The van der Waals surface area contributed by atoms with E-state index in [0.717, 1.165) is 16.5 Å². The number of H-pyrrole nitrogens is 1. The molecule has 0 unspecified atom stereocenters. The summed E-state index contributed by atoms with van der Waals surface area (Å²) in [5.41, 5.74) is 2.52. The first kappa shape index (κ1) is 7.28. The van der Waals surface area contributed by atoms with Crippen LogP contribution in [0, 0.1) is 6.92 Å². The summed E-state index contributed by atoms with van der Waals surface area (Å²) in [6, 6.07) is 1.85. The summed E-state index contributed by atoms with van der Waals surface area (Å²) in [5, 5.41) is 0.917. The average Bonchev–Trinajstić information content (AvgIpc) is 2.48. The van der Waals surface area contributed by atoms with Crippen LogP contribution in [0.25, 0.3) is 10.9 Å². The monoisotopic (exact) mass is 164 g/mol. The molecule has 1 N–H and O–H groups in total. The fourth-order valence-electron chi connectivity index (χ4n) is 1.42. The highest BCUT2D eigenvalue weighted by atomic mass is 19.1. The standard InChI is InChI=1S/C9H9FN2/c1-6-5-12-7-2-3-11-8(4-10)9(6)7/h2-3,5,12H,4H2,1H3. The molecule has 0 saturated carbocycles. The van der Waals surface area contributed by atoms with E-state index in [0.29, 0.717) is 5.69 Å². The van der Waals surface area contributed by atoms with Crippen molar-refractivity contribution >= 4 is 10.9 Å². The third-order valence-corrected chi connectivity index (χ3v) is 1.99. The summed E-state index contributed by atoms with van der Waals surface area (Å²) < 4.78 is 12.4. The lowest BCUT2D eigenvalue weighted by Crippen LogP contribution is -1.86. The number of aromatic amines is 1. The van der Waals surface area contributed by atoms with Crippen LogP contribution in [0.2, 0.25) is 0 Å². The molecule has 0 amide bonds. The minimum absolute atomic E-state index is 0.504. The topological polar surface area (TPSA) is 28.7 Å². The number of nitrogens with one attached hydrogen (secondary N) is 1. The molecule has 2 nitrogen and oxygen atoms in total. The van der Waals surface area contributed by atoms with Gasteiger partial charge in [0.15, 0.2) is 0 Å². The van der Waals surface area contributed by atoms with E-state index < -0.39 is 6.67 Å². The molecule has 2 heterocycles. The first-order valence-corrected chi connectivity index (χ1v) is 3.80. The van der Waals surface area contributed by atoms with Gasteiger partial charge in [-0.25, -0.2) is 4.39 Å². The van der Waals surface area contributed by atoms with Crippen molar-refractivity contribution in [2.45, 2.75) is 13.6 Å². The summed E-state index contributed by atoms with van der Waals surface area (Å²) in [5.74, 6) is 0. The van der Waals surface area contributed by atoms with Crippen LogP contribution in [0.5, 0.6) is 0 Å². The molecule has 0 bridgehead atoms. The minimum Gasteiger partial charge on any atom is -0.361 e. The third-order valence-electron chi connectivity index (χ3n) is 1.99. The predicted molar refractivity (Wildman–Crippen MR) is 45.6 cm³/mol. The highest BCUT2D eigenvalue weighted by molar-refractivity contribution is 5.84. The van der Waals surface area contributed by atoms with Crippen molar-refractivity contribution in [2.24, 2.45) is 0 Å². The second-order valence-corrected chi connectivity index (χ2v) is 2.79. The Morgan fingerprint density at radius 1 is 1.58 bits per heavy atom. The second kappa shape index (κ2) is 2.59. The zero-order chi connectivity index (χ0) is 8.55. The van der Waals surface area contributed by atoms with E-state index >= 15 is 0 Å². The van der Waals surface area contributed by atoms with Crippen LogP contribution in [0.4, 0.5) is 4.39 Å². The normalized spacial score (nSPS) is 10.8. The lowest BCUT2D eigenvalue weighted by Gasteiger charge is -1.96. The van der Waals surface area contributed by atoms with Crippen LogP contribution in [0.15, 0.2) is 18.5 Å². The summed E-state index contributed by atoms with van der Waals surface area (Å²) in [6.07, 6.45) is 3.48. The van der Waals surface area contributed by atoms with Gasteiger partial charge in [0.05, 0.1) is 5.69 Å². The fraction of sp³-hybridized carbons (Fsp3) is 0.222. The zero-order valence-corrected chi connectivity index (χ0v) is 6.76. The van der Waals surface area contributed by atoms with Crippen LogP contribution in [-0.4, -0.2) is 9.97 Å². The van der Waals surface area contributed by atoms with Crippen LogP contribution in [-0.2, 0) is 6.67 Å². The summed E-state index contributed by atoms with van der Waals surface area (Å²) in [6.45, 7) is 1.44. The molecule has 2 aromatic rings.